The third-order valence-electron chi connectivity index (χ3n) is 3.50. The summed E-state index contributed by atoms with van der Waals surface area (Å²) in [6, 6.07) is -1.10. The maximum atomic E-state index is 12.7. The number of amides is 1. The van der Waals surface area contributed by atoms with Gasteiger partial charge in [0.2, 0.25) is 5.91 Å². The standard InChI is InChI=1S/C10H12F3NO3/c11-10(12,13)9(3-4-9)8(17)14-5-1-2-6(14)7(15)16/h6H,1-5H2,(H,15,16). The first-order chi connectivity index (χ1) is 7.79. The molecule has 4 nitrogen and oxygen atoms in total. The first-order valence-corrected chi connectivity index (χ1v) is 5.40. The van der Waals surface area contributed by atoms with Gasteiger partial charge >= 0.3 is 12.1 Å². The number of carbonyl (C=O) groups is 2. The first-order valence-electron chi connectivity index (χ1n) is 5.40. The number of carboxylic acids is 1. The maximum absolute atomic E-state index is 12.7. The molecule has 1 amide bonds. The van der Waals surface area contributed by atoms with Crippen LogP contribution in [0.2, 0.25) is 0 Å². The van der Waals surface area contributed by atoms with Crippen molar-refractivity contribution in [1.29, 1.82) is 0 Å². The monoisotopic (exact) mass is 251 g/mol. The lowest BCUT2D eigenvalue weighted by Gasteiger charge is -2.27. The summed E-state index contributed by atoms with van der Waals surface area (Å²) in [7, 11) is 0. The molecule has 0 bridgehead atoms. The summed E-state index contributed by atoms with van der Waals surface area (Å²) in [5, 5.41) is 8.85. The van der Waals surface area contributed by atoms with E-state index in [2.05, 4.69) is 0 Å². The Balaban J connectivity index is 2.18. The van der Waals surface area contributed by atoms with Crippen LogP contribution >= 0.6 is 0 Å². The van der Waals surface area contributed by atoms with Crippen LogP contribution in [0.25, 0.3) is 0 Å². The van der Waals surface area contributed by atoms with Crippen molar-refractivity contribution in [2.45, 2.75) is 37.9 Å². The smallest absolute Gasteiger partial charge is 0.403 e. The summed E-state index contributed by atoms with van der Waals surface area (Å²) in [4.78, 5) is 23.5. The molecular formula is C10H12F3NO3. The number of aliphatic carboxylic acids is 1. The van der Waals surface area contributed by atoms with E-state index < -0.39 is 29.5 Å². The van der Waals surface area contributed by atoms with E-state index in [1.807, 2.05) is 0 Å². The second-order valence-corrected chi connectivity index (χ2v) is 4.57. The van der Waals surface area contributed by atoms with Crippen LogP contribution in [-0.4, -0.2) is 40.6 Å². The summed E-state index contributed by atoms with van der Waals surface area (Å²) in [6.07, 6.45) is -4.35. The minimum atomic E-state index is -4.57. The van der Waals surface area contributed by atoms with E-state index in [4.69, 9.17) is 5.11 Å². The Hall–Kier alpha value is -1.27. The highest BCUT2D eigenvalue weighted by Gasteiger charge is 2.70. The molecule has 1 aliphatic heterocycles. The van der Waals surface area contributed by atoms with Gasteiger partial charge in [0.15, 0.2) is 0 Å². The highest BCUT2D eigenvalue weighted by molar-refractivity contribution is 5.90. The lowest BCUT2D eigenvalue weighted by Crippen LogP contribution is -2.48. The van der Waals surface area contributed by atoms with Crippen LogP contribution in [0.1, 0.15) is 25.7 Å². The van der Waals surface area contributed by atoms with Crippen LogP contribution in [-0.2, 0) is 9.59 Å². The van der Waals surface area contributed by atoms with Crippen molar-refractivity contribution in [2.75, 3.05) is 6.54 Å². The van der Waals surface area contributed by atoms with Crippen molar-refractivity contribution in [3.05, 3.63) is 0 Å². The molecule has 17 heavy (non-hydrogen) atoms. The number of rotatable bonds is 2. The van der Waals surface area contributed by atoms with Gasteiger partial charge in [0.05, 0.1) is 0 Å². The normalized spacial score (nSPS) is 27.0. The van der Waals surface area contributed by atoms with Crippen molar-refractivity contribution in [3.8, 4) is 0 Å². The molecule has 2 rings (SSSR count). The molecule has 1 N–H and O–H groups in total. The summed E-state index contributed by atoms with van der Waals surface area (Å²) in [5.74, 6) is -2.29. The number of likely N-dealkylation sites (tertiary alicyclic amines) is 1. The Morgan fingerprint density at radius 1 is 1.29 bits per heavy atom. The Kier molecular flexibility index (Phi) is 2.59. The first kappa shape index (κ1) is 12.2. The number of hydrogen-bond acceptors (Lipinski definition) is 2. The molecular weight excluding hydrogens is 239 g/mol. The lowest BCUT2D eigenvalue weighted by atomic mass is 10.0. The Bertz CT molecular complexity index is 362. The van der Waals surface area contributed by atoms with Gasteiger partial charge in [-0.25, -0.2) is 4.79 Å². The molecule has 96 valence electrons. The Labute approximate surface area is 95.4 Å². The van der Waals surface area contributed by atoms with Crippen molar-refractivity contribution in [2.24, 2.45) is 5.41 Å². The second kappa shape index (κ2) is 3.61. The van der Waals surface area contributed by atoms with Gasteiger partial charge in [0.25, 0.3) is 0 Å². The average Bonchev–Trinajstić information content (AvgIpc) is 2.87. The van der Waals surface area contributed by atoms with Crippen molar-refractivity contribution in [1.82, 2.24) is 4.90 Å². The van der Waals surface area contributed by atoms with Gasteiger partial charge in [-0.15, -0.1) is 0 Å². The number of nitrogens with zero attached hydrogens (tertiary/aromatic N) is 1. The molecule has 0 aromatic heterocycles. The SMILES string of the molecule is O=C(O)C1CCCN1C(=O)C1(C(F)(F)F)CC1. The van der Waals surface area contributed by atoms with Crippen LogP contribution < -0.4 is 0 Å². The molecule has 7 heteroatoms. The van der Waals surface area contributed by atoms with Crippen molar-refractivity contribution in [3.63, 3.8) is 0 Å². The quantitative estimate of drug-likeness (QED) is 0.807. The molecule has 0 spiro atoms. The van der Waals surface area contributed by atoms with E-state index in [-0.39, 0.29) is 25.8 Å². The molecule has 0 aromatic rings. The zero-order valence-corrected chi connectivity index (χ0v) is 8.96. The van der Waals surface area contributed by atoms with E-state index in [1.54, 1.807) is 0 Å². The van der Waals surface area contributed by atoms with Crippen molar-refractivity contribution >= 4 is 11.9 Å². The van der Waals surface area contributed by atoms with E-state index in [0.29, 0.717) is 6.42 Å². The third-order valence-corrected chi connectivity index (χ3v) is 3.50. The molecule has 0 radical (unpaired) electrons. The average molecular weight is 251 g/mol. The van der Waals surface area contributed by atoms with Gasteiger partial charge in [-0.2, -0.15) is 13.2 Å². The fourth-order valence-corrected chi connectivity index (χ4v) is 2.29. The summed E-state index contributed by atoms with van der Waals surface area (Å²) in [6.45, 7) is 0.105. The van der Waals surface area contributed by atoms with Gasteiger partial charge < -0.3 is 10.0 Å². The number of alkyl halides is 3. The molecule has 1 atom stereocenters. The largest absolute Gasteiger partial charge is 0.480 e. The summed E-state index contributed by atoms with van der Waals surface area (Å²) >= 11 is 0. The predicted octanol–water partition coefficient (Wildman–Crippen LogP) is 1.40. The van der Waals surface area contributed by atoms with Crippen LogP contribution in [0.4, 0.5) is 13.2 Å². The van der Waals surface area contributed by atoms with Crippen LogP contribution in [0.15, 0.2) is 0 Å². The van der Waals surface area contributed by atoms with Crippen molar-refractivity contribution < 1.29 is 27.9 Å². The lowest BCUT2D eigenvalue weighted by molar-refractivity contribution is -0.199. The molecule has 1 saturated heterocycles. The topological polar surface area (TPSA) is 57.6 Å². The number of hydrogen-bond donors (Lipinski definition) is 1. The Morgan fingerprint density at radius 3 is 2.29 bits per heavy atom. The zero-order valence-electron chi connectivity index (χ0n) is 8.96. The van der Waals surface area contributed by atoms with E-state index in [0.717, 1.165) is 4.90 Å². The summed E-state index contributed by atoms with van der Waals surface area (Å²) < 4.78 is 38.2. The Morgan fingerprint density at radius 2 is 1.88 bits per heavy atom. The molecule has 2 aliphatic rings. The number of carbonyl (C=O) groups excluding carboxylic acids is 1. The molecule has 0 aromatic carbocycles. The van der Waals surface area contributed by atoms with E-state index >= 15 is 0 Å². The minimum absolute atomic E-state index is 0.105. The van der Waals surface area contributed by atoms with E-state index in [9.17, 15) is 22.8 Å². The fourth-order valence-electron chi connectivity index (χ4n) is 2.29. The molecule has 1 aliphatic carbocycles. The fraction of sp³-hybridized carbons (Fsp3) is 0.800. The third kappa shape index (κ3) is 1.77. The van der Waals surface area contributed by atoms with Crippen LogP contribution in [0, 0.1) is 5.41 Å². The zero-order chi connectivity index (χ0) is 12.8. The van der Waals surface area contributed by atoms with Crippen LogP contribution in [0.3, 0.4) is 0 Å². The van der Waals surface area contributed by atoms with Gasteiger partial charge in [-0.05, 0) is 25.7 Å². The van der Waals surface area contributed by atoms with Gasteiger partial charge in [-0.1, -0.05) is 0 Å². The second-order valence-electron chi connectivity index (χ2n) is 4.57. The van der Waals surface area contributed by atoms with Gasteiger partial charge in [0, 0.05) is 6.54 Å². The van der Waals surface area contributed by atoms with Crippen LogP contribution in [0.5, 0.6) is 0 Å². The maximum Gasteiger partial charge on any atom is 0.403 e. The predicted molar refractivity (Wildman–Crippen MR) is 50.1 cm³/mol. The highest BCUT2D eigenvalue weighted by Crippen LogP contribution is 2.59. The number of carboxylic acid groups (broad SMARTS) is 1. The number of halogens is 3. The highest BCUT2D eigenvalue weighted by atomic mass is 19.4. The molecule has 1 saturated carbocycles. The van der Waals surface area contributed by atoms with Gasteiger partial charge in [-0.3, -0.25) is 4.79 Å². The minimum Gasteiger partial charge on any atom is -0.480 e. The molecule has 1 unspecified atom stereocenters. The summed E-state index contributed by atoms with van der Waals surface area (Å²) in [5.41, 5.74) is -2.30. The molecule has 2 fully saturated rings. The van der Waals surface area contributed by atoms with Gasteiger partial charge in [0.1, 0.15) is 11.5 Å². The molecule has 1 heterocycles. The van der Waals surface area contributed by atoms with E-state index in [1.165, 1.54) is 0 Å².